The van der Waals surface area contributed by atoms with E-state index in [4.69, 9.17) is 10.5 Å². The number of rotatable bonds is 5. The van der Waals surface area contributed by atoms with Gasteiger partial charge in [-0.25, -0.2) is 0 Å². The molecule has 0 radical (unpaired) electrons. The molecule has 0 bridgehead atoms. The third-order valence-electron chi connectivity index (χ3n) is 3.96. The Morgan fingerprint density at radius 3 is 2.68 bits per heavy atom. The quantitative estimate of drug-likeness (QED) is 0.654. The molecule has 2 rings (SSSR count). The molecule has 106 valence electrons. The Labute approximate surface area is 116 Å². The van der Waals surface area contributed by atoms with Crippen LogP contribution in [0, 0.1) is 5.41 Å². The lowest BCUT2D eigenvalue weighted by Crippen LogP contribution is -2.38. The van der Waals surface area contributed by atoms with Crippen molar-refractivity contribution in [2.45, 2.75) is 33.1 Å². The van der Waals surface area contributed by atoms with E-state index in [2.05, 4.69) is 18.7 Å². The Morgan fingerprint density at radius 2 is 2.00 bits per heavy atom. The molecule has 0 aliphatic carbocycles. The van der Waals surface area contributed by atoms with E-state index in [1.54, 1.807) is 0 Å². The van der Waals surface area contributed by atoms with Crippen LogP contribution in [0.5, 0.6) is 5.75 Å². The number of nitrogens with two attached hydrogens (primary N) is 1. The topological polar surface area (TPSA) is 38.5 Å². The van der Waals surface area contributed by atoms with Gasteiger partial charge < -0.3 is 15.4 Å². The van der Waals surface area contributed by atoms with E-state index in [-0.39, 0.29) is 0 Å². The number of anilines is 1. The van der Waals surface area contributed by atoms with E-state index >= 15 is 0 Å². The highest BCUT2D eigenvalue weighted by molar-refractivity contribution is 5.43. The van der Waals surface area contributed by atoms with Gasteiger partial charge in [-0.15, -0.1) is 0 Å². The number of nitrogen functional groups attached to an aromatic ring is 1. The van der Waals surface area contributed by atoms with Crippen LogP contribution in [0.2, 0.25) is 0 Å². The zero-order valence-electron chi connectivity index (χ0n) is 12.2. The van der Waals surface area contributed by atoms with Crippen LogP contribution in [0.4, 0.5) is 5.69 Å². The Hall–Kier alpha value is -1.22. The van der Waals surface area contributed by atoms with Crippen molar-refractivity contribution in [2.75, 3.05) is 32.0 Å². The average molecular weight is 262 g/mol. The molecule has 0 saturated carbocycles. The Bertz CT molecular complexity index is 393. The summed E-state index contributed by atoms with van der Waals surface area (Å²) in [6, 6.07) is 7.64. The maximum atomic E-state index is 5.72. The first-order valence-electron chi connectivity index (χ1n) is 7.26. The van der Waals surface area contributed by atoms with E-state index in [1.807, 2.05) is 24.3 Å². The number of benzene rings is 1. The summed E-state index contributed by atoms with van der Waals surface area (Å²) in [4.78, 5) is 2.55. The molecule has 1 aromatic carbocycles. The lowest BCUT2D eigenvalue weighted by molar-refractivity contribution is 0.126. The summed E-state index contributed by atoms with van der Waals surface area (Å²) >= 11 is 0. The van der Waals surface area contributed by atoms with Gasteiger partial charge >= 0.3 is 0 Å². The minimum Gasteiger partial charge on any atom is -0.493 e. The second-order valence-electron chi connectivity index (χ2n) is 6.28. The molecule has 0 unspecified atom stereocenters. The molecule has 1 aliphatic heterocycles. The summed E-state index contributed by atoms with van der Waals surface area (Å²) in [5.74, 6) is 0.875. The van der Waals surface area contributed by atoms with Crippen LogP contribution in [-0.4, -0.2) is 31.1 Å². The first kappa shape index (κ1) is 14.2. The van der Waals surface area contributed by atoms with E-state index in [1.165, 1.54) is 25.9 Å². The third kappa shape index (κ3) is 4.75. The van der Waals surface area contributed by atoms with E-state index < -0.39 is 0 Å². The highest BCUT2D eigenvalue weighted by Gasteiger charge is 2.24. The summed E-state index contributed by atoms with van der Waals surface area (Å²) in [7, 11) is 0. The van der Waals surface area contributed by atoms with Crippen molar-refractivity contribution in [3.63, 3.8) is 0 Å². The van der Waals surface area contributed by atoms with Crippen molar-refractivity contribution in [1.82, 2.24) is 4.90 Å². The minimum atomic E-state index is 0.536. The molecule has 0 aromatic heterocycles. The molecule has 1 aliphatic rings. The molecule has 1 saturated heterocycles. The van der Waals surface area contributed by atoms with Crippen LogP contribution in [0.15, 0.2) is 24.3 Å². The van der Waals surface area contributed by atoms with Crippen molar-refractivity contribution >= 4 is 5.69 Å². The summed E-state index contributed by atoms with van der Waals surface area (Å²) in [5.41, 5.74) is 7.01. The number of hydrogen-bond acceptors (Lipinski definition) is 3. The van der Waals surface area contributed by atoms with Crippen molar-refractivity contribution in [3.05, 3.63) is 24.3 Å². The predicted molar refractivity (Wildman–Crippen MR) is 80.4 cm³/mol. The maximum Gasteiger partial charge on any atom is 0.121 e. The Morgan fingerprint density at radius 1 is 1.26 bits per heavy atom. The van der Waals surface area contributed by atoms with Gasteiger partial charge in [-0.2, -0.15) is 0 Å². The van der Waals surface area contributed by atoms with Crippen molar-refractivity contribution in [2.24, 2.45) is 5.41 Å². The van der Waals surface area contributed by atoms with Gasteiger partial charge in [0, 0.05) is 18.3 Å². The van der Waals surface area contributed by atoms with E-state index in [0.717, 1.165) is 31.0 Å². The first-order chi connectivity index (χ1) is 9.05. The molecule has 0 spiro atoms. The van der Waals surface area contributed by atoms with Crippen LogP contribution in [0.3, 0.4) is 0 Å². The second kappa shape index (κ2) is 6.29. The number of hydrogen-bond donors (Lipinski definition) is 1. The highest BCUT2D eigenvalue weighted by Crippen LogP contribution is 2.29. The standard InChI is InChI=1S/C16H26N2O/c1-16(2)7-10-18(11-8-16)9-4-12-19-15-6-3-5-14(17)13-15/h3,5-6,13H,4,7-12,17H2,1-2H3. The van der Waals surface area contributed by atoms with Gasteiger partial charge in [0.1, 0.15) is 5.75 Å². The fourth-order valence-corrected chi connectivity index (χ4v) is 2.46. The zero-order valence-corrected chi connectivity index (χ0v) is 12.2. The van der Waals surface area contributed by atoms with Crippen molar-refractivity contribution in [3.8, 4) is 5.75 Å². The van der Waals surface area contributed by atoms with Gasteiger partial charge in [-0.05, 0) is 49.9 Å². The van der Waals surface area contributed by atoms with Crippen molar-refractivity contribution < 1.29 is 4.74 Å². The number of piperidine rings is 1. The second-order valence-corrected chi connectivity index (χ2v) is 6.28. The summed E-state index contributed by atoms with van der Waals surface area (Å²) in [5, 5.41) is 0. The van der Waals surface area contributed by atoms with Gasteiger partial charge in [0.15, 0.2) is 0 Å². The molecule has 1 aromatic rings. The third-order valence-corrected chi connectivity index (χ3v) is 3.96. The average Bonchev–Trinajstić information content (AvgIpc) is 2.36. The SMILES string of the molecule is CC1(C)CCN(CCCOc2cccc(N)c2)CC1. The van der Waals surface area contributed by atoms with Gasteiger partial charge in [0.05, 0.1) is 6.61 Å². The Balaban J connectivity index is 1.62. The normalized spacial score (nSPS) is 19.3. The molecule has 1 fully saturated rings. The first-order valence-corrected chi connectivity index (χ1v) is 7.26. The van der Waals surface area contributed by atoms with E-state index in [0.29, 0.717) is 5.41 Å². The van der Waals surface area contributed by atoms with Crippen LogP contribution in [0.1, 0.15) is 33.1 Å². The number of likely N-dealkylation sites (tertiary alicyclic amines) is 1. The van der Waals surface area contributed by atoms with Crippen LogP contribution < -0.4 is 10.5 Å². The predicted octanol–water partition coefficient (Wildman–Crippen LogP) is 3.16. The van der Waals surface area contributed by atoms with Crippen LogP contribution >= 0.6 is 0 Å². The van der Waals surface area contributed by atoms with Crippen LogP contribution in [-0.2, 0) is 0 Å². The van der Waals surface area contributed by atoms with Gasteiger partial charge in [0.25, 0.3) is 0 Å². The number of ether oxygens (including phenoxy) is 1. The molecule has 3 nitrogen and oxygen atoms in total. The molecule has 3 heteroatoms. The molecule has 0 amide bonds. The molecule has 19 heavy (non-hydrogen) atoms. The van der Waals surface area contributed by atoms with Crippen LogP contribution in [0.25, 0.3) is 0 Å². The minimum absolute atomic E-state index is 0.536. The highest BCUT2D eigenvalue weighted by atomic mass is 16.5. The molecule has 2 N–H and O–H groups in total. The van der Waals surface area contributed by atoms with Crippen molar-refractivity contribution in [1.29, 1.82) is 0 Å². The lowest BCUT2D eigenvalue weighted by Gasteiger charge is -2.36. The Kier molecular flexibility index (Phi) is 4.70. The maximum absolute atomic E-state index is 5.72. The summed E-state index contributed by atoms with van der Waals surface area (Å²) < 4.78 is 5.71. The fraction of sp³-hybridized carbons (Fsp3) is 0.625. The summed E-state index contributed by atoms with van der Waals surface area (Å²) in [6.07, 6.45) is 3.70. The lowest BCUT2D eigenvalue weighted by atomic mass is 9.83. The van der Waals surface area contributed by atoms with Gasteiger partial charge in [0.2, 0.25) is 0 Å². The molecular formula is C16H26N2O. The number of nitrogens with zero attached hydrogens (tertiary/aromatic N) is 1. The molecular weight excluding hydrogens is 236 g/mol. The van der Waals surface area contributed by atoms with Gasteiger partial charge in [-0.3, -0.25) is 0 Å². The monoisotopic (exact) mass is 262 g/mol. The molecule has 1 heterocycles. The van der Waals surface area contributed by atoms with Gasteiger partial charge in [-0.1, -0.05) is 19.9 Å². The smallest absolute Gasteiger partial charge is 0.121 e. The fourth-order valence-electron chi connectivity index (χ4n) is 2.46. The largest absolute Gasteiger partial charge is 0.493 e. The van der Waals surface area contributed by atoms with E-state index in [9.17, 15) is 0 Å². The zero-order chi connectivity index (χ0) is 13.7. The summed E-state index contributed by atoms with van der Waals surface area (Å²) in [6.45, 7) is 9.10. The molecule has 0 atom stereocenters.